The summed E-state index contributed by atoms with van der Waals surface area (Å²) in [6, 6.07) is 20.1. The van der Waals surface area contributed by atoms with Crippen molar-refractivity contribution in [3.8, 4) is 22.1 Å². The van der Waals surface area contributed by atoms with Crippen molar-refractivity contribution >= 4 is 21.6 Å². The quantitative estimate of drug-likeness (QED) is 0.455. The molecule has 0 aliphatic carbocycles. The third kappa shape index (κ3) is 3.39. The van der Waals surface area contributed by atoms with Gasteiger partial charge in [0, 0.05) is 5.56 Å². The monoisotopic (exact) mass is 365 g/mol. The first-order chi connectivity index (χ1) is 12.7. The van der Waals surface area contributed by atoms with E-state index in [0.717, 1.165) is 26.4 Å². The molecule has 0 amide bonds. The van der Waals surface area contributed by atoms with E-state index in [2.05, 4.69) is 11.1 Å². The summed E-state index contributed by atoms with van der Waals surface area (Å²) in [4.78, 5) is 4.68. The normalized spacial score (nSPS) is 10.8. The first kappa shape index (κ1) is 16.5. The van der Waals surface area contributed by atoms with Gasteiger partial charge in [0.2, 0.25) is 0 Å². The fourth-order valence-corrected chi connectivity index (χ4v) is 3.62. The number of ether oxygens (including phenoxy) is 2. The molecular weight excluding hydrogens is 349 g/mol. The van der Waals surface area contributed by atoms with E-state index in [0.29, 0.717) is 18.1 Å². The fraction of sp³-hybridized carbons (Fsp3) is 0.0952. The maximum atomic E-state index is 13.0. The van der Waals surface area contributed by atoms with Crippen LogP contribution in [0.1, 0.15) is 5.56 Å². The van der Waals surface area contributed by atoms with Crippen molar-refractivity contribution in [2.75, 3.05) is 7.11 Å². The average Bonchev–Trinajstić information content (AvgIpc) is 3.11. The molecule has 0 saturated heterocycles. The molecule has 5 heteroatoms. The summed E-state index contributed by atoms with van der Waals surface area (Å²) in [6.07, 6.45) is 0. The second-order valence-electron chi connectivity index (χ2n) is 5.77. The molecule has 4 aromatic rings. The molecule has 130 valence electrons. The van der Waals surface area contributed by atoms with E-state index in [1.54, 1.807) is 30.6 Å². The summed E-state index contributed by atoms with van der Waals surface area (Å²) in [7, 11) is 1.61. The molecule has 0 fully saturated rings. The van der Waals surface area contributed by atoms with Gasteiger partial charge in [-0.25, -0.2) is 9.37 Å². The van der Waals surface area contributed by atoms with Crippen LogP contribution in [-0.2, 0) is 6.61 Å². The Morgan fingerprint density at radius 3 is 2.54 bits per heavy atom. The number of fused-ring (bicyclic) bond motifs is 1. The molecule has 0 aliphatic heterocycles. The molecule has 0 atom stereocenters. The zero-order valence-electron chi connectivity index (χ0n) is 14.1. The van der Waals surface area contributed by atoms with Crippen LogP contribution < -0.4 is 9.47 Å². The summed E-state index contributed by atoms with van der Waals surface area (Å²) in [5.74, 6) is 1.03. The Bertz CT molecular complexity index is 1010. The Hall–Kier alpha value is -2.92. The first-order valence-corrected chi connectivity index (χ1v) is 8.96. The van der Waals surface area contributed by atoms with Crippen molar-refractivity contribution < 1.29 is 13.9 Å². The van der Waals surface area contributed by atoms with Gasteiger partial charge in [0.1, 0.15) is 17.4 Å². The zero-order chi connectivity index (χ0) is 17.9. The molecule has 1 heterocycles. The molecule has 1 aromatic heterocycles. The van der Waals surface area contributed by atoms with Gasteiger partial charge in [-0.05, 0) is 48.0 Å². The number of rotatable bonds is 5. The summed E-state index contributed by atoms with van der Waals surface area (Å²) in [6.45, 7) is 0.344. The first-order valence-electron chi connectivity index (χ1n) is 8.14. The highest BCUT2D eigenvalue weighted by Crippen LogP contribution is 2.36. The molecule has 4 rings (SSSR count). The Morgan fingerprint density at radius 1 is 0.962 bits per heavy atom. The predicted molar refractivity (Wildman–Crippen MR) is 102 cm³/mol. The minimum atomic E-state index is -0.258. The van der Waals surface area contributed by atoms with E-state index in [-0.39, 0.29) is 5.82 Å². The molecule has 0 aliphatic rings. The maximum absolute atomic E-state index is 13.0. The molecule has 0 bridgehead atoms. The Morgan fingerprint density at radius 2 is 1.77 bits per heavy atom. The van der Waals surface area contributed by atoms with Crippen molar-refractivity contribution in [1.29, 1.82) is 0 Å². The number of methoxy groups -OCH3 is 1. The molecule has 0 saturated carbocycles. The molecule has 0 N–H and O–H groups in total. The van der Waals surface area contributed by atoms with Crippen LogP contribution in [0.3, 0.4) is 0 Å². The number of thiazole rings is 1. The van der Waals surface area contributed by atoms with Gasteiger partial charge in [0.15, 0.2) is 11.5 Å². The maximum Gasteiger partial charge on any atom is 0.161 e. The molecule has 0 unspecified atom stereocenters. The summed E-state index contributed by atoms with van der Waals surface area (Å²) in [5.41, 5.74) is 2.86. The lowest BCUT2D eigenvalue weighted by Crippen LogP contribution is -1.98. The number of nitrogens with zero attached hydrogens (tertiary/aromatic N) is 1. The van der Waals surface area contributed by atoms with Crippen molar-refractivity contribution in [3.63, 3.8) is 0 Å². The van der Waals surface area contributed by atoms with Gasteiger partial charge in [-0.1, -0.05) is 24.3 Å². The molecule has 3 aromatic carbocycles. The second-order valence-corrected chi connectivity index (χ2v) is 6.80. The predicted octanol–water partition coefficient (Wildman–Crippen LogP) is 5.69. The van der Waals surface area contributed by atoms with Crippen LogP contribution in [0.4, 0.5) is 4.39 Å². The molecule has 0 radical (unpaired) electrons. The van der Waals surface area contributed by atoms with E-state index < -0.39 is 0 Å². The van der Waals surface area contributed by atoms with E-state index in [9.17, 15) is 4.39 Å². The van der Waals surface area contributed by atoms with Gasteiger partial charge in [-0.15, -0.1) is 11.3 Å². The second kappa shape index (κ2) is 7.14. The number of hydrogen-bond donors (Lipinski definition) is 0. The minimum absolute atomic E-state index is 0.258. The Kier molecular flexibility index (Phi) is 4.54. The van der Waals surface area contributed by atoms with Gasteiger partial charge in [-0.3, -0.25) is 0 Å². The molecule has 3 nitrogen and oxygen atoms in total. The zero-order valence-corrected chi connectivity index (χ0v) is 14.9. The average molecular weight is 365 g/mol. The highest BCUT2D eigenvalue weighted by molar-refractivity contribution is 7.21. The molecule has 26 heavy (non-hydrogen) atoms. The van der Waals surface area contributed by atoms with Crippen LogP contribution in [0.5, 0.6) is 11.5 Å². The topological polar surface area (TPSA) is 31.4 Å². The van der Waals surface area contributed by atoms with E-state index in [1.165, 1.54) is 12.1 Å². The van der Waals surface area contributed by atoms with Crippen LogP contribution in [0.2, 0.25) is 0 Å². The van der Waals surface area contributed by atoms with Crippen LogP contribution in [0.25, 0.3) is 20.8 Å². The van der Waals surface area contributed by atoms with Gasteiger partial charge in [0.25, 0.3) is 0 Å². The lowest BCUT2D eigenvalue weighted by atomic mass is 10.2. The van der Waals surface area contributed by atoms with Crippen molar-refractivity contribution in [2.45, 2.75) is 6.61 Å². The van der Waals surface area contributed by atoms with E-state index in [1.807, 2.05) is 36.4 Å². The van der Waals surface area contributed by atoms with Gasteiger partial charge in [-0.2, -0.15) is 0 Å². The van der Waals surface area contributed by atoms with Crippen molar-refractivity contribution in [3.05, 3.63) is 78.1 Å². The lowest BCUT2D eigenvalue weighted by Gasteiger charge is -2.11. The summed E-state index contributed by atoms with van der Waals surface area (Å²) < 4.78 is 25.5. The highest BCUT2D eigenvalue weighted by atomic mass is 32.1. The van der Waals surface area contributed by atoms with Gasteiger partial charge < -0.3 is 9.47 Å². The van der Waals surface area contributed by atoms with E-state index >= 15 is 0 Å². The highest BCUT2D eigenvalue weighted by Gasteiger charge is 2.11. The minimum Gasteiger partial charge on any atom is -0.493 e. The number of hydrogen-bond acceptors (Lipinski definition) is 4. The SMILES string of the molecule is COc1cc(-c2nc3ccccc3s2)ccc1OCc1ccc(F)cc1. The number of para-hydroxylation sites is 1. The Labute approximate surface area is 154 Å². The van der Waals surface area contributed by atoms with Crippen molar-refractivity contribution in [2.24, 2.45) is 0 Å². The number of benzene rings is 3. The number of halogens is 1. The van der Waals surface area contributed by atoms with E-state index in [4.69, 9.17) is 9.47 Å². The fourth-order valence-electron chi connectivity index (χ4n) is 2.66. The molecule has 0 spiro atoms. The largest absolute Gasteiger partial charge is 0.493 e. The third-order valence-electron chi connectivity index (χ3n) is 4.01. The van der Waals surface area contributed by atoms with Crippen LogP contribution in [0.15, 0.2) is 66.7 Å². The number of aromatic nitrogens is 1. The van der Waals surface area contributed by atoms with Crippen LogP contribution in [0, 0.1) is 5.82 Å². The Balaban J connectivity index is 1.58. The van der Waals surface area contributed by atoms with Gasteiger partial charge >= 0.3 is 0 Å². The smallest absolute Gasteiger partial charge is 0.161 e. The summed E-state index contributed by atoms with van der Waals surface area (Å²) in [5, 5.41) is 0.939. The molecular formula is C21H16FNO2S. The standard InChI is InChI=1S/C21H16FNO2S/c1-24-19-12-15(21-23-17-4-2-3-5-20(17)26-21)8-11-18(19)25-13-14-6-9-16(22)10-7-14/h2-12H,13H2,1H3. The summed E-state index contributed by atoms with van der Waals surface area (Å²) >= 11 is 1.64. The third-order valence-corrected chi connectivity index (χ3v) is 5.10. The van der Waals surface area contributed by atoms with Crippen molar-refractivity contribution in [1.82, 2.24) is 4.98 Å². The van der Waals surface area contributed by atoms with Crippen LogP contribution >= 0.6 is 11.3 Å². The van der Waals surface area contributed by atoms with Gasteiger partial charge in [0.05, 0.1) is 17.3 Å². The lowest BCUT2D eigenvalue weighted by molar-refractivity contribution is 0.284. The van der Waals surface area contributed by atoms with Crippen LogP contribution in [-0.4, -0.2) is 12.1 Å².